The average Bonchev–Trinajstić information content (AvgIpc) is 2.70. The van der Waals surface area contributed by atoms with Crippen LogP contribution in [0.25, 0.3) is 11.1 Å². The summed E-state index contributed by atoms with van der Waals surface area (Å²) >= 11 is 3.57. The van der Waals surface area contributed by atoms with Crippen LogP contribution in [0.1, 0.15) is 0 Å². The Balaban J connectivity index is 1.82. The second kappa shape index (κ2) is 5.10. The number of nitrogen functional groups attached to an aromatic ring is 1. The van der Waals surface area contributed by atoms with Gasteiger partial charge >= 0.3 is 0 Å². The smallest absolute Gasteiger partial charge is 0.134 e. The first-order valence-electron chi connectivity index (χ1n) is 6.47. The molecule has 106 valence electrons. The van der Waals surface area contributed by atoms with Gasteiger partial charge in [-0.05, 0) is 40.7 Å². The van der Waals surface area contributed by atoms with Crippen LogP contribution in [-0.2, 0) is 7.05 Å². The lowest BCUT2D eigenvalue weighted by Gasteiger charge is -2.36. The van der Waals surface area contributed by atoms with Crippen molar-refractivity contribution < 1.29 is 4.74 Å². The van der Waals surface area contributed by atoms with Gasteiger partial charge in [0.05, 0.1) is 10.7 Å². The second-order valence-electron chi connectivity index (χ2n) is 5.17. The predicted octanol–water partition coefficient (Wildman–Crippen LogP) is 2.12. The van der Waals surface area contributed by atoms with Crippen LogP contribution in [0.15, 0.2) is 28.9 Å². The van der Waals surface area contributed by atoms with E-state index < -0.39 is 0 Å². The molecule has 1 aromatic carbocycles. The maximum atomic E-state index is 6.00. The van der Waals surface area contributed by atoms with E-state index in [4.69, 9.17) is 10.5 Å². The van der Waals surface area contributed by atoms with E-state index >= 15 is 0 Å². The molecule has 0 bridgehead atoms. The third-order valence-corrected chi connectivity index (χ3v) is 4.17. The van der Waals surface area contributed by atoms with Gasteiger partial charge in [0.15, 0.2) is 0 Å². The molecular formula is C14H17BrN4O. The number of halogens is 1. The number of aromatic nitrogens is 2. The quantitative estimate of drug-likeness (QED) is 0.932. The van der Waals surface area contributed by atoms with Crippen LogP contribution in [0.5, 0.6) is 5.75 Å². The maximum Gasteiger partial charge on any atom is 0.134 e. The van der Waals surface area contributed by atoms with Gasteiger partial charge in [-0.2, -0.15) is 5.10 Å². The van der Waals surface area contributed by atoms with Crippen LogP contribution >= 0.6 is 15.9 Å². The Kier molecular flexibility index (Phi) is 3.43. The number of hydrogen-bond acceptors (Lipinski definition) is 4. The molecule has 0 amide bonds. The van der Waals surface area contributed by atoms with E-state index in [1.807, 2.05) is 25.2 Å². The minimum absolute atomic E-state index is 0.283. The predicted molar refractivity (Wildman–Crippen MR) is 82.7 cm³/mol. The van der Waals surface area contributed by atoms with Gasteiger partial charge in [0.2, 0.25) is 0 Å². The minimum atomic E-state index is 0.283. The maximum absolute atomic E-state index is 6.00. The summed E-state index contributed by atoms with van der Waals surface area (Å²) in [5.74, 6) is 1.53. The summed E-state index contributed by atoms with van der Waals surface area (Å²) in [5, 5.41) is 4.16. The van der Waals surface area contributed by atoms with E-state index in [-0.39, 0.29) is 6.10 Å². The zero-order valence-electron chi connectivity index (χ0n) is 11.5. The summed E-state index contributed by atoms with van der Waals surface area (Å²) < 4.78 is 8.54. The fraction of sp³-hybridized carbons (Fsp3) is 0.357. The lowest BCUT2D eigenvalue weighted by molar-refractivity contribution is 0.0383. The Morgan fingerprint density at radius 1 is 1.35 bits per heavy atom. The van der Waals surface area contributed by atoms with Crippen molar-refractivity contribution in [2.24, 2.45) is 7.05 Å². The Bertz CT molecular complexity index is 634. The van der Waals surface area contributed by atoms with Gasteiger partial charge in [-0.3, -0.25) is 9.58 Å². The molecule has 0 radical (unpaired) electrons. The Hall–Kier alpha value is -1.53. The van der Waals surface area contributed by atoms with E-state index in [0.717, 1.165) is 34.4 Å². The number of rotatable bonds is 3. The van der Waals surface area contributed by atoms with Gasteiger partial charge in [-0.15, -0.1) is 0 Å². The molecule has 1 aliphatic heterocycles. The SMILES string of the molecule is CN1CC(Oc2ccc(-c3cnn(C)c3N)cc2Br)C1. The third kappa shape index (κ3) is 2.41. The van der Waals surface area contributed by atoms with Crippen molar-refractivity contribution in [1.82, 2.24) is 14.7 Å². The molecule has 6 heteroatoms. The van der Waals surface area contributed by atoms with Crippen molar-refractivity contribution >= 4 is 21.7 Å². The minimum Gasteiger partial charge on any atom is -0.487 e. The van der Waals surface area contributed by atoms with Crippen molar-refractivity contribution in [2.45, 2.75) is 6.10 Å². The lowest BCUT2D eigenvalue weighted by Crippen LogP contribution is -2.51. The highest BCUT2D eigenvalue weighted by Crippen LogP contribution is 2.33. The van der Waals surface area contributed by atoms with E-state index in [0.29, 0.717) is 5.82 Å². The Labute approximate surface area is 126 Å². The number of nitrogens with zero attached hydrogens (tertiary/aromatic N) is 3. The molecule has 2 N–H and O–H groups in total. The summed E-state index contributed by atoms with van der Waals surface area (Å²) in [6, 6.07) is 6.01. The van der Waals surface area contributed by atoms with Gasteiger partial charge < -0.3 is 10.5 Å². The van der Waals surface area contributed by atoms with Crippen molar-refractivity contribution in [3.63, 3.8) is 0 Å². The number of ether oxygens (including phenoxy) is 1. The van der Waals surface area contributed by atoms with Crippen LogP contribution in [0.3, 0.4) is 0 Å². The van der Waals surface area contributed by atoms with Crippen molar-refractivity contribution in [3.05, 3.63) is 28.9 Å². The van der Waals surface area contributed by atoms with Gasteiger partial charge in [0, 0.05) is 25.7 Å². The highest BCUT2D eigenvalue weighted by molar-refractivity contribution is 9.10. The Morgan fingerprint density at radius 2 is 2.10 bits per heavy atom. The first-order valence-corrected chi connectivity index (χ1v) is 7.26. The standard InChI is InChI=1S/C14H17BrN4O/c1-18-7-10(8-18)20-13-4-3-9(5-12(13)15)11-6-17-19(2)14(11)16/h3-6,10H,7-8,16H2,1-2H3. The molecule has 1 aliphatic rings. The molecule has 2 heterocycles. The summed E-state index contributed by atoms with van der Waals surface area (Å²) in [5.41, 5.74) is 7.96. The average molecular weight is 337 g/mol. The summed E-state index contributed by atoms with van der Waals surface area (Å²) in [7, 11) is 3.92. The first-order chi connectivity index (χ1) is 9.54. The summed E-state index contributed by atoms with van der Waals surface area (Å²) in [6.45, 7) is 1.95. The zero-order chi connectivity index (χ0) is 14.3. The molecule has 20 heavy (non-hydrogen) atoms. The largest absolute Gasteiger partial charge is 0.487 e. The van der Waals surface area contributed by atoms with E-state index in [1.165, 1.54) is 0 Å². The molecule has 0 atom stereocenters. The topological polar surface area (TPSA) is 56.3 Å². The number of likely N-dealkylation sites (N-methyl/N-ethyl adjacent to an activating group) is 1. The van der Waals surface area contributed by atoms with Crippen molar-refractivity contribution in [2.75, 3.05) is 25.9 Å². The van der Waals surface area contributed by atoms with Gasteiger partial charge in [0.1, 0.15) is 17.7 Å². The normalized spacial score (nSPS) is 16.1. The summed E-state index contributed by atoms with van der Waals surface area (Å²) in [6.07, 6.45) is 2.06. The number of anilines is 1. The number of nitrogens with two attached hydrogens (primary N) is 1. The molecule has 0 unspecified atom stereocenters. The third-order valence-electron chi connectivity index (χ3n) is 3.55. The fourth-order valence-corrected chi connectivity index (χ4v) is 2.80. The number of aryl methyl sites for hydroxylation is 1. The highest BCUT2D eigenvalue weighted by atomic mass is 79.9. The molecule has 0 aliphatic carbocycles. The molecule has 0 saturated carbocycles. The first kappa shape index (κ1) is 13.5. The molecule has 0 spiro atoms. The number of likely N-dealkylation sites (tertiary alicyclic amines) is 1. The second-order valence-corrected chi connectivity index (χ2v) is 6.03. The van der Waals surface area contributed by atoms with E-state index in [1.54, 1.807) is 10.9 Å². The van der Waals surface area contributed by atoms with E-state index in [2.05, 4.69) is 33.0 Å². The van der Waals surface area contributed by atoms with Crippen LogP contribution in [0, 0.1) is 0 Å². The van der Waals surface area contributed by atoms with Gasteiger partial charge in [-0.25, -0.2) is 0 Å². The van der Waals surface area contributed by atoms with Crippen molar-refractivity contribution in [1.29, 1.82) is 0 Å². The van der Waals surface area contributed by atoms with E-state index in [9.17, 15) is 0 Å². The Morgan fingerprint density at radius 3 is 2.65 bits per heavy atom. The fourth-order valence-electron chi connectivity index (χ4n) is 2.33. The lowest BCUT2D eigenvalue weighted by atomic mass is 10.1. The van der Waals surface area contributed by atoms with Crippen LogP contribution < -0.4 is 10.5 Å². The number of hydrogen-bond donors (Lipinski definition) is 1. The van der Waals surface area contributed by atoms with Gasteiger partial charge in [-0.1, -0.05) is 6.07 Å². The van der Waals surface area contributed by atoms with Crippen LogP contribution in [0.4, 0.5) is 5.82 Å². The molecule has 1 fully saturated rings. The number of benzene rings is 1. The highest BCUT2D eigenvalue weighted by Gasteiger charge is 2.25. The molecule has 3 rings (SSSR count). The monoisotopic (exact) mass is 336 g/mol. The van der Waals surface area contributed by atoms with Crippen LogP contribution in [-0.4, -0.2) is 40.9 Å². The molecule has 5 nitrogen and oxygen atoms in total. The summed E-state index contributed by atoms with van der Waals surface area (Å²) in [4.78, 5) is 2.23. The van der Waals surface area contributed by atoms with Crippen LogP contribution in [0.2, 0.25) is 0 Å². The van der Waals surface area contributed by atoms with Gasteiger partial charge in [0.25, 0.3) is 0 Å². The molecule has 1 aromatic heterocycles. The molecular weight excluding hydrogens is 320 g/mol. The molecule has 2 aromatic rings. The zero-order valence-corrected chi connectivity index (χ0v) is 13.1. The molecule has 1 saturated heterocycles. The van der Waals surface area contributed by atoms with Crippen molar-refractivity contribution in [3.8, 4) is 16.9 Å².